The predicted octanol–water partition coefficient (Wildman–Crippen LogP) is 1.52. The summed E-state index contributed by atoms with van der Waals surface area (Å²) < 4.78 is 10.4. The zero-order chi connectivity index (χ0) is 12.4. The van der Waals surface area contributed by atoms with E-state index in [1.165, 1.54) is 0 Å². The van der Waals surface area contributed by atoms with Crippen LogP contribution in [0.2, 0.25) is 0 Å². The summed E-state index contributed by atoms with van der Waals surface area (Å²) in [7, 11) is 3.18. The summed E-state index contributed by atoms with van der Waals surface area (Å²) >= 11 is 0. The summed E-state index contributed by atoms with van der Waals surface area (Å²) in [5.74, 6) is 0.604. The summed E-state index contributed by atoms with van der Waals surface area (Å²) in [6.45, 7) is 0. The van der Waals surface area contributed by atoms with E-state index >= 15 is 0 Å². The second kappa shape index (κ2) is 4.53. The molecule has 1 aliphatic rings. The van der Waals surface area contributed by atoms with Gasteiger partial charge >= 0.3 is 5.97 Å². The molecule has 0 bridgehead atoms. The maximum atomic E-state index is 10.7. The molecule has 1 atom stereocenters. The number of carbonyl (C=O) groups is 1. The molecular formula is C12H15NO4. The Balaban J connectivity index is 2.27. The molecule has 2 N–H and O–H groups in total. The van der Waals surface area contributed by atoms with Crippen molar-refractivity contribution in [3.63, 3.8) is 0 Å². The predicted molar refractivity (Wildman–Crippen MR) is 62.9 cm³/mol. The smallest absolute Gasteiger partial charge is 0.305 e. The number of hydrogen-bond donors (Lipinski definition) is 2. The highest BCUT2D eigenvalue weighted by Gasteiger charge is 2.26. The summed E-state index contributed by atoms with van der Waals surface area (Å²) in [4.78, 5) is 10.7. The van der Waals surface area contributed by atoms with Gasteiger partial charge in [-0.3, -0.25) is 4.79 Å². The second-order valence-corrected chi connectivity index (χ2v) is 4.01. The lowest BCUT2D eigenvalue weighted by Crippen LogP contribution is -2.19. The molecule has 0 amide bonds. The molecule has 0 fully saturated rings. The minimum absolute atomic E-state index is 0.0801. The Labute approximate surface area is 99.3 Å². The molecule has 1 aliphatic heterocycles. The quantitative estimate of drug-likeness (QED) is 0.831. The van der Waals surface area contributed by atoms with Crippen LogP contribution in [0, 0.1) is 0 Å². The van der Waals surface area contributed by atoms with Crippen LogP contribution in [0.4, 0.5) is 5.69 Å². The van der Waals surface area contributed by atoms with Gasteiger partial charge in [0.2, 0.25) is 0 Å². The number of benzene rings is 1. The van der Waals surface area contributed by atoms with Gasteiger partial charge in [0, 0.05) is 12.1 Å². The maximum Gasteiger partial charge on any atom is 0.305 e. The molecule has 0 saturated heterocycles. The number of nitrogens with one attached hydrogen (secondary N) is 1. The average molecular weight is 237 g/mol. The second-order valence-electron chi connectivity index (χ2n) is 4.01. The third-order valence-corrected chi connectivity index (χ3v) is 2.85. The van der Waals surface area contributed by atoms with Crippen molar-refractivity contribution < 1.29 is 19.4 Å². The van der Waals surface area contributed by atoms with E-state index in [1.54, 1.807) is 20.3 Å². The van der Waals surface area contributed by atoms with Crippen LogP contribution in [-0.4, -0.2) is 31.3 Å². The number of fused-ring (bicyclic) bond motifs is 1. The molecule has 0 spiro atoms. The van der Waals surface area contributed by atoms with Gasteiger partial charge in [-0.05, 0) is 18.1 Å². The zero-order valence-corrected chi connectivity index (χ0v) is 9.82. The first-order valence-corrected chi connectivity index (χ1v) is 5.37. The Hall–Kier alpha value is -1.91. The molecule has 5 nitrogen and oxygen atoms in total. The van der Waals surface area contributed by atoms with Crippen molar-refractivity contribution in [1.82, 2.24) is 0 Å². The molecule has 0 saturated carbocycles. The van der Waals surface area contributed by atoms with Crippen molar-refractivity contribution in [2.24, 2.45) is 0 Å². The van der Waals surface area contributed by atoms with Crippen molar-refractivity contribution in [1.29, 1.82) is 0 Å². The molecule has 92 valence electrons. The summed E-state index contributed by atoms with van der Waals surface area (Å²) in [6.07, 6.45) is 0.773. The van der Waals surface area contributed by atoms with Crippen LogP contribution < -0.4 is 14.8 Å². The number of methoxy groups -OCH3 is 2. The van der Waals surface area contributed by atoms with E-state index in [0.29, 0.717) is 12.2 Å². The van der Waals surface area contributed by atoms with E-state index in [4.69, 9.17) is 14.6 Å². The molecule has 2 rings (SSSR count). The SMILES string of the molecule is COc1cc2c(c(OC)c1)NC(CC(=O)O)C2. The molecule has 1 heterocycles. The molecule has 1 aromatic carbocycles. The summed E-state index contributed by atoms with van der Waals surface area (Å²) in [5.41, 5.74) is 1.91. The van der Waals surface area contributed by atoms with Gasteiger partial charge in [-0.15, -0.1) is 0 Å². The first-order valence-electron chi connectivity index (χ1n) is 5.37. The third kappa shape index (κ3) is 2.27. The van der Waals surface area contributed by atoms with Gasteiger partial charge in [0.25, 0.3) is 0 Å². The molecular weight excluding hydrogens is 222 g/mol. The van der Waals surface area contributed by atoms with Gasteiger partial charge in [0.15, 0.2) is 0 Å². The van der Waals surface area contributed by atoms with E-state index in [1.807, 2.05) is 6.07 Å². The Morgan fingerprint density at radius 3 is 2.82 bits per heavy atom. The number of anilines is 1. The fourth-order valence-corrected chi connectivity index (χ4v) is 2.10. The fourth-order valence-electron chi connectivity index (χ4n) is 2.10. The highest BCUT2D eigenvalue weighted by molar-refractivity contribution is 5.73. The molecule has 1 unspecified atom stereocenters. The average Bonchev–Trinajstić information content (AvgIpc) is 2.68. The van der Waals surface area contributed by atoms with Crippen molar-refractivity contribution in [2.75, 3.05) is 19.5 Å². The first-order chi connectivity index (χ1) is 8.13. The Bertz CT molecular complexity index is 444. The highest BCUT2D eigenvalue weighted by atomic mass is 16.5. The van der Waals surface area contributed by atoms with E-state index < -0.39 is 5.97 Å². The van der Waals surface area contributed by atoms with Gasteiger partial charge in [-0.2, -0.15) is 0 Å². The van der Waals surface area contributed by atoms with E-state index in [-0.39, 0.29) is 12.5 Å². The van der Waals surface area contributed by atoms with E-state index in [9.17, 15) is 4.79 Å². The van der Waals surface area contributed by atoms with Crippen LogP contribution in [0.1, 0.15) is 12.0 Å². The van der Waals surface area contributed by atoms with Gasteiger partial charge in [-0.25, -0.2) is 0 Å². The van der Waals surface area contributed by atoms with Gasteiger partial charge in [0.05, 0.1) is 26.3 Å². The van der Waals surface area contributed by atoms with Crippen LogP contribution in [0.15, 0.2) is 12.1 Å². The zero-order valence-electron chi connectivity index (χ0n) is 9.82. The number of carboxylic acids is 1. The van der Waals surface area contributed by atoms with Crippen LogP contribution in [0.25, 0.3) is 0 Å². The number of aliphatic carboxylic acids is 1. The normalized spacial score (nSPS) is 17.2. The minimum Gasteiger partial charge on any atom is -0.497 e. The van der Waals surface area contributed by atoms with E-state index in [0.717, 1.165) is 17.0 Å². The van der Waals surface area contributed by atoms with Crippen LogP contribution in [0.3, 0.4) is 0 Å². The van der Waals surface area contributed by atoms with Crippen molar-refractivity contribution in [3.8, 4) is 11.5 Å². The number of ether oxygens (including phenoxy) is 2. The van der Waals surface area contributed by atoms with Crippen molar-refractivity contribution in [3.05, 3.63) is 17.7 Å². The van der Waals surface area contributed by atoms with Gasteiger partial charge in [0.1, 0.15) is 11.5 Å². The molecule has 0 radical (unpaired) electrons. The Kier molecular flexibility index (Phi) is 3.08. The molecule has 17 heavy (non-hydrogen) atoms. The lowest BCUT2D eigenvalue weighted by Gasteiger charge is -2.11. The minimum atomic E-state index is -0.804. The fraction of sp³-hybridized carbons (Fsp3) is 0.417. The largest absolute Gasteiger partial charge is 0.497 e. The van der Waals surface area contributed by atoms with Crippen LogP contribution in [-0.2, 0) is 11.2 Å². The highest BCUT2D eigenvalue weighted by Crippen LogP contribution is 2.39. The summed E-state index contributed by atoms with van der Waals surface area (Å²) in [5, 5.41) is 12.0. The van der Waals surface area contributed by atoms with Crippen molar-refractivity contribution >= 4 is 11.7 Å². The first kappa shape index (κ1) is 11.6. The lowest BCUT2D eigenvalue weighted by molar-refractivity contribution is -0.137. The van der Waals surface area contributed by atoms with Crippen LogP contribution in [0.5, 0.6) is 11.5 Å². The standard InChI is InChI=1S/C12H15NO4/c1-16-9-4-7-3-8(5-11(14)15)13-12(7)10(6-9)17-2/h4,6,8,13H,3,5H2,1-2H3,(H,14,15). The molecule has 5 heteroatoms. The van der Waals surface area contributed by atoms with Crippen molar-refractivity contribution in [2.45, 2.75) is 18.9 Å². The topological polar surface area (TPSA) is 67.8 Å². The maximum absolute atomic E-state index is 10.7. The Morgan fingerprint density at radius 1 is 1.47 bits per heavy atom. The summed E-state index contributed by atoms with van der Waals surface area (Å²) in [6, 6.07) is 3.62. The lowest BCUT2D eigenvalue weighted by atomic mass is 10.1. The van der Waals surface area contributed by atoms with Crippen LogP contribution >= 0.6 is 0 Å². The number of hydrogen-bond acceptors (Lipinski definition) is 4. The third-order valence-electron chi connectivity index (χ3n) is 2.85. The monoisotopic (exact) mass is 237 g/mol. The molecule has 1 aromatic rings. The van der Waals surface area contributed by atoms with E-state index in [2.05, 4.69) is 5.32 Å². The number of rotatable bonds is 4. The van der Waals surface area contributed by atoms with Gasteiger partial charge in [-0.1, -0.05) is 0 Å². The molecule has 0 aliphatic carbocycles. The Morgan fingerprint density at radius 2 is 2.24 bits per heavy atom. The molecule has 0 aromatic heterocycles. The van der Waals surface area contributed by atoms with Gasteiger partial charge < -0.3 is 19.9 Å². The number of carboxylic acid groups (broad SMARTS) is 1.